The summed E-state index contributed by atoms with van der Waals surface area (Å²) in [7, 11) is 1.42. The van der Waals surface area contributed by atoms with E-state index in [4.69, 9.17) is 20.9 Å². The molecule has 0 unspecified atom stereocenters. The number of anilines is 2. The number of nitrogens with two attached hydrogens (primary N) is 2. The van der Waals surface area contributed by atoms with Gasteiger partial charge in [-0.3, -0.25) is 0 Å². The van der Waals surface area contributed by atoms with Crippen LogP contribution in [0, 0.1) is 0 Å². The number of nitrogen functional groups attached to an aromatic ring is 2. The molecule has 1 aromatic heterocycles. The van der Waals surface area contributed by atoms with E-state index in [1.54, 1.807) is 0 Å². The molecule has 6 nitrogen and oxygen atoms in total. The minimum Gasteiger partial charge on any atom is -0.496 e. The normalized spacial score (nSPS) is 11.5. The highest BCUT2D eigenvalue weighted by Gasteiger charge is 2.30. The maximum atomic E-state index is 12.8. The first-order chi connectivity index (χ1) is 11.8. The van der Waals surface area contributed by atoms with Crippen LogP contribution in [0.1, 0.15) is 5.56 Å². The highest BCUT2D eigenvalue weighted by Crippen LogP contribution is 2.37. The monoisotopic (exact) mass is 350 g/mol. The Kier molecular flexibility index (Phi) is 3.99. The highest BCUT2D eigenvalue weighted by molar-refractivity contribution is 5.95. The number of hydrogen-bond acceptors (Lipinski definition) is 6. The van der Waals surface area contributed by atoms with E-state index in [0.29, 0.717) is 16.7 Å². The number of hydrogen-bond donors (Lipinski definition) is 2. The lowest BCUT2D eigenvalue weighted by atomic mass is 10.2. The van der Waals surface area contributed by atoms with Gasteiger partial charge >= 0.3 is 6.18 Å². The lowest BCUT2D eigenvalue weighted by Gasteiger charge is -2.13. The standard InChI is InChI=1S/C16H13F3N4O2/c1-24-12-7-10(6-11-13(12)14(20)23-15(21)22-11)25-9-4-2-3-8(5-9)16(17,18)19/h2-7H,1H3,(H4,20,21,22,23). The Morgan fingerprint density at radius 3 is 2.44 bits per heavy atom. The van der Waals surface area contributed by atoms with E-state index in [-0.39, 0.29) is 23.3 Å². The number of alkyl halides is 3. The number of methoxy groups -OCH3 is 1. The summed E-state index contributed by atoms with van der Waals surface area (Å²) >= 11 is 0. The quantitative estimate of drug-likeness (QED) is 0.749. The van der Waals surface area contributed by atoms with Gasteiger partial charge in [0.15, 0.2) is 0 Å². The van der Waals surface area contributed by atoms with Gasteiger partial charge in [-0.2, -0.15) is 18.2 Å². The second-order valence-electron chi connectivity index (χ2n) is 5.11. The molecule has 0 saturated heterocycles. The average molecular weight is 350 g/mol. The third-order valence-electron chi connectivity index (χ3n) is 3.40. The minimum absolute atomic E-state index is 0.0197. The lowest BCUT2D eigenvalue weighted by Crippen LogP contribution is -2.04. The topological polar surface area (TPSA) is 96.3 Å². The van der Waals surface area contributed by atoms with Gasteiger partial charge in [0.1, 0.15) is 23.1 Å². The van der Waals surface area contributed by atoms with Gasteiger partial charge in [-0.05, 0) is 18.2 Å². The molecule has 3 rings (SSSR count). The van der Waals surface area contributed by atoms with Crippen molar-refractivity contribution in [3.05, 3.63) is 42.0 Å². The molecule has 0 aliphatic heterocycles. The number of fused-ring (bicyclic) bond motifs is 1. The molecule has 0 radical (unpaired) electrons. The number of rotatable bonds is 3. The summed E-state index contributed by atoms with van der Waals surface area (Å²) in [5, 5.41) is 0.438. The van der Waals surface area contributed by atoms with Crippen molar-refractivity contribution in [1.29, 1.82) is 0 Å². The van der Waals surface area contributed by atoms with E-state index in [1.807, 2.05) is 0 Å². The predicted octanol–water partition coefficient (Wildman–Crippen LogP) is 3.61. The van der Waals surface area contributed by atoms with Crippen LogP contribution < -0.4 is 20.9 Å². The number of aromatic nitrogens is 2. The van der Waals surface area contributed by atoms with Gasteiger partial charge in [0.25, 0.3) is 0 Å². The minimum atomic E-state index is -4.46. The first-order valence-electron chi connectivity index (χ1n) is 7.04. The zero-order chi connectivity index (χ0) is 18.2. The Morgan fingerprint density at radius 2 is 1.76 bits per heavy atom. The van der Waals surface area contributed by atoms with Crippen molar-refractivity contribution in [3.63, 3.8) is 0 Å². The van der Waals surface area contributed by atoms with Crippen molar-refractivity contribution >= 4 is 22.7 Å². The van der Waals surface area contributed by atoms with Crippen LogP contribution in [-0.2, 0) is 6.18 Å². The van der Waals surface area contributed by atoms with E-state index in [0.717, 1.165) is 12.1 Å². The molecule has 4 N–H and O–H groups in total. The Bertz CT molecular complexity index is 945. The van der Waals surface area contributed by atoms with Gasteiger partial charge in [-0.1, -0.05) is 6.07 Å². The zero-order valence-corrected chi connectivity index (χ0v) is 13.0. The second kappa shape index (κ2) is 6.00. The second-order valence-corrected chi connectivity index (χ2v) is 5.11. The molecular formula is C16H13F3N4O2. The van der Waals surface area contributed by atoms with Crippen LogP contribution in [0.2, 0.25) is 0 Å². The van der Waals surface area contributed by atoms with Gasteiger partial charge in [0, 0.05) is 12.1 Å². The van der Waals surface area contributed by atoms with Crippen LogP contribution >= 0.6 is 0 Å². The molecule has 130 valence electrons. The molecule has 0 atom stereocenters. The number of benzene rings is 2. The summed E-state index contributed by atoms with van der Waals surface area (Å²) in [5.74, 6) is 0.651. The smallest absolute Gasteiger partial charge is 0.416 e. The SMILES string of the molecule is COc1cc(Oc2cccc(C(F)(F)F)c2)cc2nc(N)nc(N)c12. The molecular weight excluding hydrogens is 337 g/mol. The van der Waals surface area contributed by atoms with Crippen LogP contribution in [0.25, 0.3) is 10.9 Å². The molecule has 0 bridgehead atoms. The van der Waals surface area contributed by atoms with Crippen LogP contribution in [-0.4, -0.2) is 17.1 Å². The van der Waals surface area contributed by atoms with Crippen LogP contribution in [0.15, 0.2) is 36.4 Å². The Hall–Kier alpha value is -3.23. The molecule has 0 fully saturated rings. The molecule has 0 spiro atoms. The fraction of sp³-hybridized carbons (Fsp3) is 0.125. The first-order valence-corrected chi connectivity index (χ1v) is 7.04. The number of halogens is 3. The van der Waals surface area contributed by atoms with E-state index in [1.165, 1.54) is 31.4 Å². The largest absolute Gasteiger partial charge is 0.496 e. The first kappa shape index (κ1) is 16.6. The molecule has 0 aliphatic rings. The molecule has 9 heteroatoms. The molecule has 0 aliphatic carbocycles. The predicted molar refractivity (Wildman–Crippen MR) is 86.4 cm³/mol. The number of nitrogens with zero attached hydrogens (tertiary/aromatic N) is 2. The zero-order valence-electron chi connectivity index (χ0n) is 13.0. The fourth-order valence-electron chi connectivity index (χ4n) is 2.34. The van der Waals surface area contributed by atoms with E-state index < -0.39 is 11.7 Å². The summed E-state index contributed by atoms with van der Waals surface area (Å²) in [6.45, 7) is 0. The molecule has 0 amide bonds. The Morgan fingerprint density at radius 1 is 1.00 bits per heavy atom. The third-order valence-corrected chi connectivity index (χ3v) is 3.40. The van der Waals surface area contributed by atoms with Gasteiger partial charge in [-0.15, -0.1) is 0 Å². The van der Waals surface area contributed by atoms with Crippen LogP contribution in [0.4, 0.5) is 24.9 Å². The van der Waals surface area contributed by atoms with Crippen LogP contribution in [0.5, 0.6) is 17.2 Å². The molecule has 3 aromatic rings. The molecule has 0 saturated carbocycles. The maximum absolute atomic E-state index is 12.8. The third kappa shape index (κ3) is 3.35. The van der Waals surface area contributed by atoms with Gasteiger partial charge in [-0.25, -0.2) is 4.98 Å². The molecule has 2 aromatic carbocycles. The van der Waals surface area contributed by atoms with Crippen molar-refractivity contribution in [1.82, 2.24) is 9.97 Å². The maximum Gasteiger partial charge on any atom is 0.416 e. The van der Waals surface area contributed by atoms with E-state index in [9.17, 15) is 13.2 Å². The van der Waals surface area contributed by atoms with Gasteiger partial charge < -0.3 is 20.9 Å². The van der Waals surface area contributed by atoms with Crippen molar-refractivity contribution in [3.8, 4) is 17.2 Å². The van der Waals surface area contributed by atoms with Crippen molar-refractivity contribution in [2.75, 3.05) is 18.6 Å². The Balaban J connectivity index is 2.05. The average Bonchev–Trinajstić information content (AvgIpc) is 2.53. The van der Waals surface area contributed by atoms with E-state index in [2.05, 4.69) is 9.97 Å². The van der Waals surface area contributed by atoms with Crippen molar-refractivity contribution in [2.24, 2.45) is 0 Å². The van der Waals surface area contributed by atoms with Crippen LogP contribution in [0.3, 0.4) is 0 Å². The summed E-state index contributed by atoms with van der Waals surface area (Å²) in [5.41, 5.74) is 10.9. The summed E-state index contributed by atoms with van der Waals surface area (Å²) in [4.78, 5) is 7.91. The summed E-state index contributed by atoms with van der Waals surface area (Å²) < 4.78 is 49.2. The lowest BCUT2D eigenvalue weighted by molar-refractivity contribution is -0.137. The Labute approximate surface area is 140 Å². The van der Waals surface area contributed by atoms with Crippen molar-refractivity contribution in [2.45, 2.75) is 6.18 Å². The summed E-state index contributed by atoms with van der Waals surface area (Å²) in [6, 6.07) is 7.51. The summed E-state index contributed by atoms with van der Waals surface area (Å²) in [6.07, 6.45) is -4.46. The van der Waals surface area contributed by atoms with Crippen molar-refractivity contribution < 1.29 is 22.6 Å². The highest BCUT2D eigenvalue weighted by atomic mass is 19.4. The molecule has 25 heavy (non-hydrogen) atoms. The van der Waals surface area contributed by atoms with Gasteiger partial charge in [0.05, 0.1) is 23.6 Å². The van der Waals surface area contributed by atoms with Gasteiger partial charge in [0.2, 0.25) is 5.95 Å². The number of ether oxygens (including phenoxy) is 2. The fourth-order valence-corrected chi connectivity index (χ4v) is 2.34. The van der Waals surface area contributed by atoms with E-state index >= 15 is 0 Å². The molecule has 1 heterocycles.